The third kappa shape index (κ3) is 6.94. The summed E-state index contributed by atoms with van der Waals surface area (Å²) in [6.07, 6.45) is 8.38. The van der Waals surface area contributed by atoms with E-state index in [1.54, 1.807) is 11.8 Å². The molecule has 0 bridgehead atoms. The maximum Gasteiger partial charge on any atom is 0.261 e. The number of carbonyl (C=O) groups excluding carboxylic acids is 2. The number of unbranched alkanes of at least 4 members (excludes halogenated alkanes) is 1. The highest BCUT2D eigenvalue weighted by Crippen LogP contribution is 2.42. The van der Waals surface area contributed by atoms with Crippen molar-refractivity contribution in [3.63, 3.8) is 0 Å². The Labute approximate surface area is 227 Å². The lowest BCUT2D eigenvalue weighted by Gasteiger charge is -2.44. The molecule has 5 nitrogen and oxygen atoms in total. The van der Waals surface area contributed by atoms with Crippen LogP contribution in [0.25, 0.3) is 6.08 Å². The standard InChI is InChI=1S/C29H35BrN2O3S/c1-3-4-16-35-24-14-12-22(13-15-24)20(2)31-28(33)19-32-25-10-5-6-11-26(25)36-27(29(32)34)18-21-8-7-9-23(30)17-21/h7-9,12-15,17-18,20,25-26H,3-6,10-11,16,19H2,1-2H3,(H,31,33)/b27-18+. The van der Waals surface area contributed by atoms with E-state index < -0.39 is 0 Å². The molecule has 192 valence electrons. The molecule has 3 atom stereocenters. The minimum absolute atomic E-state index is 0.0421. The summed E-state index contributed by atoms with van der Waals surface area (Å²) in [7, 11) is 0. The summed E-state index contributed by atoms with van der Waals surface area (Å²) in [5, 5.41) is 3.43. The van der Waals surface area contributed by atoms with Crippen LogP contribution in [0, 0.1) is 0 Å². The number of nitrogens with one attached hydrogen (secondary N) is 1. The van der Waals surface area contributed by atoms with Crippen LogP contribution in [0.4, 0.5) is 0 Å². The first kappa shape index (κ1) is 26.8. The van der Waals surface area contributed by atoms with Crippen LogP contribution in [-0.2, 0) is 9.59 Å². The van der Waals surface area contributed by atoms with Crippen LogP contribution >= 0.6 is 27.7 Å². The fourth-order valence-electron chi connectivity index (χ4n) is 4.82. The summed E-state index contributed by atoms with van der Waals surface area (Å²) < 4.78 is 6.72. The Morgan fingerprint density at radius 3 is 2.75 bits per heavy atom. The fraction of sp³-hybridized carbons (Fsp3) is 0.448. The van der Waals surface area contributed by atoms with Gasteiger partial charge in [0, 0.05) is 15.8 Å². The summed E-state index contributed by atoms with van der Waals surface area (Å²) in [5.41, 5.74) is 1.99. The Hall–Kier alpha value is -2.25. The highest BCUT2D eigenvalue weighted by molar-refractivity contribution is 9.10. The van der Waals surface area contributed by atoms with Crippen molar-refractivity contribution in [1.82, 2.24) is 10.2 Å². The summed E-state index contributed by atoms with van der Waals surface area (Å²) in [6, 6.07) is 15.8. The molecule has 4 rings (SSSR count). The SMILES string of the molecule is CCCCOc1ccc(C(C)NC(=O)CN2C(=O)/C(=C\c3cccc(Br)c3)SC3CCCCC32)cc1. The summed E-state index contributed by atoms with van der Waals surface area (Å²) in [6.45, 7) is 4.91. The van der Waals surface area contributed by atoms with Crippen molar-refractivity contribution >= 4 is 45.6 Å². The molecule has 2 aromatic rings. The highest BCUT2D eigenvalue weighted by Gasteiger charge is 2.41. The molecule has 1 saturated carbocycles. The highest BCUT2D eigenvalue weighted by atomic mass is 79.9. The number of nitrogens with zero attached hydrogens (tertiary/aromatic N) is 1. The predicted molar refractivity (Wildman–Crippen MR) is 151 cm³/mol. The van der Waals surface area contributed by atoms with E-state index in [0.29, 0.717) is 11.9 Å². The summed E-state index contributed by atoms with van der Waals surface area (Å²) in [4.78, 5) is 29.2. The lowest BCUT2D eigenvalue weighted by Crippen LogP contribution is -2.54. The molecule has 2 fully saturated rings. The Kier molecular flexibility index (Phi) is 9.54. The van der Waals surface area contributed by atoms with Crippen molar-refractivity contribution in [1.29, 1.82) is 0 Å². The van der Waals surface area contributed by atoms with E-state index in [9.17, 15) is 9.59 Å². The monoisotopic (exact) mass is 570 g/mol. The molecule has 2 aromatic carbocycles. The number of rotatable bonds is 9. The van der Waals surface area contributed by atoms with Gasteiger partial charge in [0.1, 0.15) is 12.3 Å². The lowest BCUT2D eigenvalue weighted by molar-refractivity contribution is -0.135. The molecule has 7 heteroatoms. The molecule has 36 heavy (non-hydrogen) atoms. The molecule has 2 amide bonds. The minimum Gasteiger partial charge on any atom is -0.494 e. The Morgan fingerprint density at radius 1 is 1.22 bits per heavy atom. The van der Waals surface area contributed by atoms with Crippen molar-refractivity contribution in [2.24, 2.45) is 0 Å². The molecule has 0 radical (unpaired) electrons. The van der Waals surface area contributed by atoms with Gasteiger partial charge in [0.05, 0.1) is 17.6 Å². The first-order valence-electron chi connectivity index (χ1n) is 12.9. The van der Waals surface area contributed by atoms with Gasteiger partial charge in [0.15, 0.2) is 0 Å². The maximum absolute atomic E-state index is 13.5. The van der Waals surface area contributed by atoms with Gasteiger partial charge in [-0.1, -0.05) is 66.4 Å². The van der Waals surface area contributed by atoms with Crippen molar-refractivity contribution in [2.45, 2.75) is 69.7 Å². The smallest absolute Gasteiger partial charge is 0.261 e. The maximum atomic E-state index is 13.5. The number of benzene rings is 2. The number of amides is 2. The van der Waals surface area contributed by atoms with Crippen LogP contribution in [0.1, 0.15) is 69.5 Å². The number of halogens is 1. The van der Waals surface area contributed by atoms with Crippen LogP contribution < -0.4 is 10.1 Å². The van der Waals surface area contributed by atoms with E-state index in [2.05, 4.69) is 28.2 Å². The molecule has 0 aromatic heterocycles. The van der Waals surface area contributed by atoms with Gasteiger partial charge in [-0.05, 0) is 67.7 Å². The van der Waals surface area contributed by atoms with E-state index in [1.165, 1.54) is 6.42 Å². The topological polar surface area (TPSA) is 58.6 Å². The Bertz CT molecular complexity index is 1090. The molecule has 2 aliphatic rings. The van der Waals surface area contributed by atoms with E-state index >= 15 is 0 Å². The molecule has 1 heterocycles. The van der Waals surface area contributed by atoms with Gasteiger partial charge < -0.3 is 15.0 Å². The van der Waals surface area contributed by atoms with Crippen molar-refractivity contribution in [2.75, 3.05) is 13.2 Å². The zero-order valence-corrected chi connectivity index (χ0v) is 23.4. The number of hydrogen-bond donors (Lipinski definition) is 1. The summed E-state index contributed by atoms with van der Waals surface area (Å²) >= 11 is 5.20. The third-order valence-electron chi connectivity index (χ3n) is 6.80. The number of carbonyl (C=O) groups is 2. The van der Waals surface area contributed by atoms with Gasteiger partial charge in [-0.3, -0.25) is 9.59 Å². The van der Waals surface area contributed by atoms with Gasteiger partial charge >= 0.3 is 0 Å². The number of thioether (sulfide) groups is 1. The molecule has 1 saturated heterocycles. The largest absolute Gasteiger partial charge is 0.494 e. The van der Waals surface area contributed by atoms with Crippen LogP contribution in [0.5, 0.6) is 5.75 Å². The average Bonchev–Trinajstić information content (AvgIpc) is 2.87. The second kappa shape index (κ2) is 12.8. The molecule has 0 spiro atoms. The molecule has 3 unspecified atom stereocenters. The third-order valence-corrected chi connectivity index (χ3v) is 8.69. The van der Waals surface area contributed by atoms with Gasteiger partial charge in [0.25, 0.3) is 5.91 Å². The average molecular weight is 572 g/mol. The van der Waals surface area contributed by atoms with Crippen LogP contribution in [0.3, 0.4) is 0 Å². The molecule has 1 N–H and O–H groups in total. The first-order chi connectivity index (χ1) is 17.4. The quantitative estimate of drug-likeness (QED) is 0.268. The van der Waals surface area contributed by atoms with Crippen LogP contribution in [0.2, 0.25) is 0 Å². The first-order valence-corrected chi connectivity index (χ1v) is 14.6. The Balaban J connectivity index is 1.43. The summed E-state index contributed by atoms with van der Waals surface area (Å²) in [5.74, 6) is 0.673. The number of hydrogen-bond acceptors (Lipinski definition) is 4. The fourth-order valence-corrected chi connectivity index (χ4v) is 6.71. The van der Waals surface area contributed by atoms with Gasteiger partial charge in [-0.2, -0.15) is 0 Å². The van der Waals surface area contributed by atoms with Gasteiger partial charge in [-0.15, -0.1) is 11.8 Å². The zero-order chi connectivity index (χ0) is 25.5. The van der Waals surface area contributed by atoms with Crippen molar-refractivity contribution in [3.05, 3.63) is 69.0 Å². The van der Waals surface area contributed by atoms with E-state index in [0.717, 1.165) is 58.4 Å². The van der Waals surface area contributed by atoms with Crippen molar-refractivity contribution < 1.29 is 14.3 Å². The van der Waals surface area contributed by atoms with Crippen LogP contribution in [-0.4, -0.2) is 41.2 Å². The van der Waals surface area contributed by atoms with Gasteiger partial charge in [0.2, 0.25) is 5.91 Å². The minimum atomic E-state index is -0.157. The second-order valence-electron chi connectivity index (χ2n) is 9.57. The molecule has 1 aliphatic carbocycles. The Morgan fingerprint density at radius 2 is 2.00 bits per heavy atom. The number of ether oxygens (including phenoxy) is 1. The van der Waals surface area contributed by atoms with E-state index in [1.807, 2.05) is 66.4 Å². The predicted octanol–water partition coefficient (Wildman–Crippen LogP) is 6.73. The van der Waals surface area contributed by atoms with Crippen molar-refractivity contribution in [3.8, 4) is 5.75 Å². The van der Waals surface area contributed by atoms with E-state index in [-0.39, 0.29) is 30.4 Å². The lowest BCUT2D eigenvalue weighted by atomic mass is 9.93. The second-order valence-corrected chi connectivity index (χ2v) is 11.8. The molecular weight excluding hydrogens is 536 g/mol. The molecule has 1 aliphatic heterocycles. The zero-order valence-electron chi connectivity index (χ0n) is 21.0. The van der Waals surface area contributed by atoms with Crippen LogP contribution in [0.15, 0.2) is 57.9 Å². The normalized spacial score (nSPS) is 21.7. The van der Waals surface area contributed by atoms with Gasteiger partial charge in [-0.25, -0.2) is 0 Å². The van der Waals surface area contributed by atoms with E-state index in [4.69, 9.17) is 4.74 Å². The number of fused-ring (bicyclic) bond motifs is 1. The molecular formula is C29H35BrN2O3S.